The van der Waals surface area contributed by atoms with Gasteiger partial charge in [-0.2, -0.15) is 11.8 Å². The van der Waals surface area contributed by atoms with Crippen LogP contribution in [-0.2, 0) is 10.5 Å². The maximum Gasteiger partial charge on any atom is 0.237 e. The van der Waals surface area contributed by atoms with E-state index in [-0.39, 0.29) is 5.91 Å². The third-order valence-corrected chi connectivity index (χ3v) is 5.51. The molecule has 0 bridgehead atoms. The summed E-state index contributed by atoms with van der Waals surface area (Å²) < 4.78 is 0. The van der Waals surface area contributed by atoms with Crippen LogP contribution in [0.1, 0.15) is 30.4 Å². The average Bonchev–Trinajstić information content (AvgIpc) is 2.83. The lowest BCUT2D eigenvalue weighted by atomic mass is 9.97. The van der Waals surface area contributed by atoms with E-state index in [9.17, 15) is 4.79 Å². The Kier molecular flexibility index (Phi) is 4.53. The van der Waals surface area contributed by atoms with E-state index in [1.807, 2.05) is 18.8 Å². The molecule has 3 nitrogen and oxygen atoms in total. The van der Waals surface area contributed by atoms with E-state index >= 15 is 0 Å². The van der Waals surface area contributed by atoms with Crippen LogP contribution in [0.5, 0.6) is 0 Å². The summed E-state index contributed by atoms with van der Waals surface area (Å²) in [6, 6.07) is 8.47. The Bertz CT molecular complexity index is 463. The van der Waals surface area contributed by atoms with Crippen molar-refractivity contribution < 1.29 is 4.79 Å². The van der Waals surface area contributed by atoms with Gasteiger partial charge in [0.1, 0.15) is 0 Å². The van der Waals surface area contributed by atoms with Crippen LogP contribution in [0.25, 0.3) is 0 Å². The molecule has 1 fully saturated rings. The molecule has 1 aliphatic rings. The molecule has 2 unspecified atom stereocenters. The molecule has 4 heteroatoms. The predicted molar refractivity (Wildman–Crippen MR) is 81.1 cm³/mol. The minimum atomic E-state index is -0.483. The molecule has 0 aliphatic heterocycles. The molecular formula is C15H22N2OS. The molecule has 1 aromatic carbocycles. The lowest BCUT2D eigenvalue weighted by molar-refractivity contribution is -0.124. The van der Waals surface area contributed by atoms with Crippen molar-refractivity contribution in [3.8, 4) is 0 Å². The number of rotatable bonds is 5. The standard InChI is InChI=1S/C15H22N2OS/c1-11-5-3-4-6-12(11)10-19-13-7-8-15(9-13,17-2)14(16)18/h3-6,13,17H,7-10H2,1-2H3,(H2,16,18). The summed E-state index contributed by atoms with van der Waals surface area (Å²) >= 11 is 1.94. The van der Waals surface area contributed by atoms with Gasteiger partial charge in [0.15, 0.2) is 0 Å². The fraction of sp³-hybridized carbons (Fsp3) is 0.533. The van der Waals surface area contributed by atoms with Gasteiger partial charge in [-0.15, -0.1) is 0 Å². The smallest absolute Gasteiger partial charge is 0.237 e. The number of amides is 1. The van der Waals surface area contributed by atoms with Crippen LogP contribution in [0, 0.1) is 6.92 Å². The van der Waals surface area contributed by atoms with E-state index in [1.165, 1.54) is 11.1 Å². The van der Waals surface area contributed by atoms with Crippen molar-refractivity contribution in [1.29, 1.82) is 0 Å². The summed E-state index contributed by atoms with van der Waals surface area (Å²) in [5, 5.41) is 3.64. The fourth-order valence-electron chi connectivity index (χ4n) is 2.70. The first kappa shape index (κ1) is 14.4. The number of nitrogens with two attached hydrogens (primary N) is 1. The lowest BCUT2D eigenvalue weighted by Gasteiger charge is -2.24. The van der Waals surface area contributed by atoms with Gasteiger partial charge < -0.3 is 11.1 Å². The molecule has 0 spiro atoms. The monoisotopic (exact) mass is 278 g/mol. The normalized spacial score (nSPS) is 26.5. The summed E-state index contributed by atoms with van der Waals surface area (Å²) in [4.78, 5) is 11.6. The van der Waals surface area contributed by atoms with Gasteiger partial charge in [0.05, 0.1) is 5.54 Å². The molecule has 1 aliphatic carbocycles. The third kappa shape index (κ3) is 3.12. The van der Waals surface area contributed by atoms with E-state index < -0.39 is 5.54 Å². The quantitative estimate of drug-likeness (QED) is 0.868. The summed E-state index contributed by atoms with van der Waals surface area (Å²) in [5.74, 6) is 0.796. The van der Waals surface area contributed by atoms with Crippen LogP contribution in [0.3, 0.4) is 0 Å². The van der Waals surface area contributed by atoms with Crippen molar-refractivity contribution in [3.05, 3.63) is 35.4 Å². The molecule has 0 radical (unpaired) electrons. The zero-order valence-electron chi connectivity index (χ0n) is 11.6. The van der Waals surface area contributed by atoms with Crippen molar-refractivity contribution in [3.63, 3.8) is 0 Å². The Hall–Kier alpha value is -1.00. The maximum absolute atomic E-state index is 11.6. The SMILES string of the molecule is CNC1(C(N)=O)CCC(SCc2ccccc2C)C1. The lowest BCUT2D eigenvalue weighted by Crippen LogP contribution is -2.52. The minimum Gasteiger partial charge on any atom is -0.368 e. The first-order chi connectivity index (χ1) is 9.07. The van der Waals surface area contributed by atoms with E-state index in [1.54, 1.807) is 0 Å². The van der Waals surface area contributed by atoms with Crippen molar-refractivity contribution >= 4 is 17.7 Å². The first-order valence-corrected chi connectivity index (χ1v) is 7.77. The number of carbonyl (C=O) groups excluding carboxylic acids is 1. The molecule has 1 saturated carbocycles. The summed E-state index contributed by atoms with van der Waals surface area (Å²) in [7, 11) is 1.83. The van der Waals surface area contributed by atoms with Gasteiger partial charge in [-0.05, 0) is 44.4 Å². The molecule has 19 heavy (non-hydrogen) atoms. The molecule has 0 aromatic heterocycles. The Labute approximate surface area is 119 Å². The molecule has 2 rings (SSSR count). The van der Waals surface area contributed by atoms with Crippen LogP contribution >= 0.6 is 11.8 Å². The highest BCUT2D eigenvalue weighted by atomic mass is 32.2. The minimum absolute atomic E-state index is 0.214. The Morgan fingerprint density at radius 2 is 2.26 bits per heavy atom. The summed E-state index contributed by atoms with van der Waals surface area (Å²) in [5.41, 5.74) is 7.76. The van der Waals surface area contributed by atoms with E-state index in [0.29, 0.717) is 5.25 Å². The van der Waals surface area contributed by atoms with Gasteiger partial charge in [0.2, 0.25) is 5.91 Å². The van der Waals surface area contributed by atoms with Crippen LogP contribution in [-0.4, -0.2) is 23.7 Å². The number of carbonyl (C=O) groups is 1. The van der Waals surface area contributed by atoms with Crippen molar-refractivity contribution in [2.24, 2.45) is 5.73 Å². The van der Waals surface area contributed by atoms with Gasteiger partial charge in [-0.1, -0.05) is 24.3 Å². The highest BCUT2D eigenvalue weighted by Gasteiger charge is 2.42. The van der Waals surface area contributed by atoms with Crippen LogP contribution in [0.4, 0.5) is 0 Å². The summed E-state index contributed by atoms with van der Waals surface area (Å²) in [6.07, 6.45) is 2.75. The molecule has 0 heterocycles. The van der Waals surface area contributed by atoms with E-state index in [0.717, 1.165) is 25.0 Å². The number of hydrogen-bond acceptors (Lipinski definition) is 3. The zero-order valence-corrected chi connectivity index (χ0v) is 12.4. The van der Waals surface area contributed by atoms with Crippen molar-refractivity contribution in [2.75, 3.05) is 7.05 Å². The highest BCUT2D eigenvalue weighted by molar-refractivity contribution is 7.99. The number of hydrogen-bond donors (Lipinski definition) is 2. The Morgan fingerprint density at radius 1 is 1.53 bits per heavy atom. The van der Waals surface area contributed by atoms with Crippen LogP contribution < -0.4 is 11.1 Å². The Morgan fingerprint density at radius 3 is 2.84 bits per heavy atom. The molecule has 3 N–H and O–H groups in total. The molecular weight excluding hydrogens is 256 g/mol. The van der Waals surface area contributed by atoms with E-state index in [4.69, 9.17) is 5.73 Å². The van der Waals surface area contributed by atoms with E-state index in [2.05, 4.69) is 36.5 Å². The van der Waals surface area contributed by atoms with Crippen molar-refractivity contribution in [1.82, 2.24) is 5.32 Å². The molecule has 0 saturated heterocycles. The number of nitrogens with one attached hydrogen (secondary N) is 1. The van der Waals surface area contributed by atoms with Gasteiger partial charge in [-0.25, -0.2) is 0 Å². The summed E-state index contributed by atoms with van der Waals surface area (Å²) in [6.45, 7) is 2.14. The molecule has 1 aromatic rings. The molecule has 1 amide bonds. The Balaban J connectivity index is 1.93. The second kappa shape index (κ2) is 5.97. The largest absolute Gasteiger partial charge is 0.368 e. The van der Waals surface area contributed by atoms with Crippen LogP contribution in [0.15, 0.2) is 24.3 Å². The van der Waals surface area contributed by atoms with Crippen molar-refractivity contribution in [2.45, 2.75) is 42.7 Å². The molecule has 2 atom stereocenters. The number of aryl methyl sites for hydroxylation is 1. The highest BCUT2D eigenvalue weighted by Crippen LogP contribution is 2.38. The topological polar surface area (TPSA) is 55.1 Å². The number of likely N-dealkylation sites (N-methyl/N-ethyl adjacent to an activating group) is 1. The zero-order chi connectivity index (χ0) is 13.9. The fourth-order valence-corrected chi connectivity index (χ4v) is 4.12. The van der Waals surface area contributed by atoms with Crippen LogP contribution in [0.2, 0.25) is 0 Å². The van der Waals surface area contributed by atoms with Gasteiger partial charge >= 0.3 is 0 Å². The second-order valence-corrected chi connectivity index (χ2v) is 6.59. The van der Waals surface area contributed by atoms with Gasteiger partial charge in [0, 0.05) is 11.0 Å². The average molecular weight is 278 g/mol. The second-order valence-electron chi connectivity index (χ2n) is 5.30. The number of benzene rings is 1. The predicted octanol–water partition coefficient (Wildman–Crippen LogP) is 2.22. The number of thioether (sulfide) groups is 1. The maximum atomic E-state index is 11.6. The third-order valence-electron chi connectivity index (χ3n) is 4.16. The first-order valence-electron chi connectivity index (χ1n) is 6.72. The number of primary amides is 1. The van der Waals surface area contributed by atoms with Gasteiger partial charge in [0.25, 0.3) is 0 Å². The molecule has 104 valence electrons. The van der Waals surface area contributed by atoms with Gasteiger partial charge in [-0.3, -0.25) is 4.79 Å².